The summed E-state index contributed by atoms with van der Waals surface area (Å²) in [6, 6.07) is 8.20. The minimum atomic E-state index is -0.341. The summed E-state index contributed by atoms with van der Waals surface area (Å²) in [5, 5.41) is 0. The number of hydrogen-bond acceptors (Lipinski definition) is 2. The first-order valence-corrected chi connectivity index (χ1v) is 7.54. The number of rotatable bonds is 4. The topological polar surface area (TPSA) is 39.3 Å². The van der Waals surface area contributed by atoms with Gasteiger partial charge in [-0.25, -0.2) is 0 Å². The number of aromatic nitrogens is 2. The molecule has 0 aliphatic carbocycles. The molecule has 0 aliphatic heterocycles. The summed E-state index contributed by atoms with van der Waals surface area (Å²) in [6.07, 6.45) is 1.04. The Hall–Kier alpha value is -1.36. The van der Waals surface area contributed by atoms with Crippen LogP contribution in [0, 0.1) is 5.41 Å². The summed E-state index contributed by atoms with van der Waals surface area (Å²) in [6.45, 7) is 9.31. The van der Waals surface area contributed by atoms with Crippen molar-refractivity contribution in [3.8, 4) is 0 Å². The van der Waals surface area contributed by atoms with E-state index in [0.717, 1.165) is 29.6 Å². The molecule has 2 rings (SSSR count). The van der Waals surface area contributed by atoms with Crippen LogP contribution in [-0.2, 0) is 17.9 Å². The summed E-state index contributed by atoms with van der Waals surface area (Å²) in [7, 11) is 1.79. The molecule has 1 aromatic carbocycles. The predicted molar refractivity (Wildman–Crippen MR) is 96.5 cm³/mol. The average Bonchev–Trinajstić information content (AvgIpc) is 2.72. The second-order valence-electron chi connectivity index (χ2n) is 6.42. The standard InChI is InChI=1S/C17H25N3O.BrH/c1-6-11-19-13-9-7-8-10-14(13)20(16(19)18-5)12-15(21)17(2,3)4;/h7-10H,6,11-12H2,1-5H3;1H. The summed E-state index contributed by atoms with van der Waals surface area (Å²) < 4.78 is 4.24. The number of benzene rings is 1. The first-order chi connectivity index (χ1) is 9.90. The number of imidazole rings is 1. The largest absolute Gasteiger partial charge is 0.310 e. The van der Waals surface area contributed by atoms with Crippen LogP contribution in [0.5, 0.6) is 0 Å². The first-order valence-electron chi connectivity index (χ1n) is 7.54. The van der Waals surface area contributed by atoms with Gasteiger partial charge in [-0.05, 0) is 18.6 Å². The molecule has 0 aliphatic rings. The van der Waals surface area contributed by atoms with Crippen molar-refractivity contribution in [3.63, 3.8) is 0 Å². The quantitative estimate of drug-likeness (QED) is 0.813. The number of carbonyl (C=O) groups excluding carboxylic acids is 1. The molecule has 0 radical (unpaired) electrons. The zero-order valence-electron chi connectivity index (χ0n) is 14.1. The van der Waals surface area contributed by atoms with Gasteiger partial charge in [-0.15, -0.1) is 17.0 Å². The zero-order chi connectivity index (χ0) is 15.6. The number of halogens is 1. The molecule has 0 atom stereocenters. The minimum absolute atomic E-state index is 0. The van der Waals surface area contributed by atoms with E-state index < -0.39 is 0 Å². The van der Waals surface area contributed by atoms with E-state index in [-0.39, 0.29) is 28.2 Å². The lowest BCUT2D eigenvalue weighted by atomic mass is 9.91. The summed E-state index contributed by atoms with van der Waals surface area (Å²) in [5.74, 6) is 0.219. The first kappa shape index (κ1) is 18.7. The fraction of sp³-hybridized carbons (Fsp3) is 0.529. The van der Waals surface area contributed by atoms with E-state index in [2.05, 4.69) is 28.6 Å². The zero-order valence-corrected chi connectivity index (χ0v) is 15.8. The van der Waals surface area contributed by atoms with E-state index in [9.17, 15) is 4.79 Å². The van der Waals surface area contributed by atoms with Crippen molar-refractivity contribution < 1.29 is 4.79 Å². The molecule has 0 saturated carbocycles. The van der Waals surface area contributed by atoms with Crippen LogP contribution in [0.1, 0.15) is 34.1 Å². The second kappa shape index (κ2) is 7.27. The Morgan fingerprint density at radius 1 is 1.14 bits per heavy atom. The minimum Gasteiger partial charge on any atom is -0.310 e. The van der Waals surface area contributed by atoms with Crippen LogP contribution in [0.25, 0.3) is 11.0 Å². The maximum absolute atomic E-state index is 12.4. The van der Waals surface area contributed by atoms with Crippen LogP contribution in [0.15, 0.2) is 29.3 Å². The van der Waals surface area contributed by atoms with Gasteiger partial charge in [0.2, 0.25) is 5.62 Å². The molecule has 1 heterocycles. The van der Waals surface area contributed by atoms with E-state index in [1.165, 1.54) is 0 Å². The number of ketones is 1. The van der Waals surface area contributed by atoms with Gasteiger partial charge in [0.25, 0.3) is 0 Å². The lowest BCUT2D eigenvalue weighted by molar-refractivity contribution is -0.126. The van der Waals surface area contributed by atoms with Gasteiger partial charge in [-0.3, -0.25) is 9.79 Å². The molecule has 2 aromatic rings. The Morgan fingerprint density at radius 2 is 1.68 bits per heavy atom. The lowest BCUT2D eigenvalue weighted by Crippen LogP contribution is -2.32. The molecular weight excluding hydrogens is 342 g/mol. The number of Topliss-reactive ketones (excluding diaryl/α,β-unsaturated/α-hetero) is 1. The number of nitrogens with zero attached hydrogens (tertiary/aromatic N) is 3. The lowest BCUT2D eigenvalue weighted by Gasteiger charge is -2.17. The van der Waals surface area contributed by atoms with Gasteiger partial charge in [0.05, 0.1) is 17.6 Å². The Bertz CT molecular complexity index is 720. The number of carbonyl (C=O) groups is 1. The van der Waals surface area contributed by atoms with Crippen LogP contribution in [0.2, 0.25) is 0 Å². The van der Waals surface area contributed by atoms with Gasteiger partial charge in [0.1, 0.15) is 0 Å². The van der Waals surface area contributed by atoms with Crippen molar-refractivity contribution in [1.29, 1.82) is 0 Å². The molecule has 5 heteroatoms. The van der Waals surface area contributed by atoms with Gasteiger partial charge >= 0.3 is 0 Å². The Morgan fingerprint density at radius 3 is 2.14 bits per heavy atom. The van der Waals surface area contributed by atoms with E-state index in [4.69, 9.17) is 0 Å². The van der Waals surface area contributed by atoms with E-state index >= 15 is 0 Å². The molecule has 0 saturated heterocycles. The highest BCUT2D eigenvalue weighted by Gasteiger charge is 2.23. The number of aryl methyl sites for hydroxylation is 1. The fourth-order valence-electron chi connectivity index (χ4n) is 2.50. The molecule has 0 fully saturated rings. The molecular formula is C17H26BrN3O. The van der Waals surface area contributed by atoms with Gasteiger partial charge in [-0.2, -0.15) is 0 Å². The van der Waals surface area contributed by atoms with Crippen molar-refractivity contribution in [2.75, 3.05) is 7.05 Å². The predicted octanol–water partition coefficient (Wildman–Crippen LogP) is 3.58. The van der Waals surface area contributed by atoms with Crippen LogP contribution in [0.4, 0.5) is 0 Å². The molecule has 0 N–H and O–H groups in total. The molecule has 0 amide bonds. The van der Waals surface area contributed by atoms with Crippen LogP contribution >= 0.6 is 17.0 Å². The van der Waals surface area contributed by atoms with E-state index in [1.807, 2.05) is 37.5 Å². The molecule has 0 unspecified atom stereocenters. The number of fused-ring (bicyclic) bond motifs is 1. The third-order valence-corrected chi connectivity index (χ3v) is 3.73. The third-order valence-electron chi connectivity index (χ3n) is 3.73. The van der Waals surface area contributed by atoms with E-state index in [0.29, 0.717) is 6.54 Å². The summed E-state index contributed by atoms with van der Waals surface area (Å²) >= 11 is 0. The van der Waals surface area contributed by atoms with Crippen LogP contribution < -0.4 is 5.62 Å². The molecule has 122 valence electrons. The number of para-hydroxylation sites is 2. The normalized spacial score (nSPS) is 12.5. The van der Waals surface area contributed by atoms with Gasteiger partial charge in [0, 0.05) is 19.0 Å². The highest BCUT2D eigenvalue weighted by Crippen LogP contribution is 2.18. The van der Waals surface area contributed by atoms with Crippen molar-refractivity contribution in [2.45, 2.75) is 47.2 Å². The van der Waals surface area contributed by atoms with Gasteiger partial charge < -0.3 is 9.13 Å². The monoisotopic (exact) mass is 367 g/mol. The third kappa shape index (κ3) is 3.51. The molecule has 0 spiro atoms. The Balaban J connectivity index is 0.00000242. The maximum atomic E-state index is 12.4. The summed E-state index contributed by atoms with van der Waals surface area (Å²) in [4.78, 5) is 16.9. The Labute approximate surface area is 142 Å². The van der Waals surface area contributed by atoms with Crippen molar-refractivity contribution in [2.24, 2.45) is 10.4 Å². The molecule has 22 heavy (non-hydrogen) atoms. The molecule has 0 bridgehead atoms. The molecule has 1 aromatic heterocycles. The fourth-order valence-corrected chi connectivity index (χ4v) is 2.50. The number of hydrogen-bond donors (Lipinski definition) is 0. The second-order valence-corrected chi connectivity index (χ2v) is 6.42. The highest BCUT2D eigenvalue weighted by atomic mass is 79.9. The maximum Gasteiger partial charge on any atom is 0.206 e. The van der Waals surface area contributed by atoms with Crippen molar-refractivity contribution >= 4 is 33.8 Å². The molecule has 4 nitrogen and oxygen atoms in total. The highest BCUT2D eigenvalue weighted by molar-refractivity contribution is 8.93. The summed E-state index contributed by atoms with van der Waals surface area (Å²) in [5.41, 5.74) is 2.74. The van der Waals surface area contributed by atoms with Crippen LogP contribution in [-0.4, -0.2) is 22.0 Å². The van der Waals surface area contributed by atoms with Crippen molar-refractivity contribution in [3.05, 3.63) is 29.9 Å². The van der Waals surface area contributed by atoms with Gasteiger partial charge in [-0.1, -0.05) is 39.8 Å². The van der Waals surface area contributed by atoms with Crippen molar-refractivity contribution in [1.82, 2.24) is 9.13 Å². The Kier molecular flexibility index (Phi) is 6.17. The van der Waals surface area contributed by atoms with Gasteiger partial charge in [0.15, 0.2) is 5.78 Å². The SMILES string of the molecule is Br.CCCn1c(=NC)n(CC(=O)C(C)(C)C)c2ccccc21. The van der Waals surface area contributed by atoms with Crippen LogP contribution in [0.3, 0.4) is 0 Å². The average molecular weight is 368 g/mol. The van der Waals surface area contributed by atoms with E-state index in [1.54, 1.807) is 7.05 Å². The smallest absolute Gasteiger partial charge is 0.206 e.